The molecule has 2 unspecified atom stereocenters. The molecule has 0 radical (unpaired) electrons. The number of halogens is 1. The summed E-state index contributed by atoms with van der Waals surface area (Å²) in [5.74, 6) is 0.0718. The minimum absolute atomic E-state index is 0.160. The zero-order valence-corrected chi connectivity index (χ0v) is 14.5. The van der Waals surface area contributed by atoms with Crippen molar-refractivity contribution in [2.24, 2.45) is 5.92 Å². The van der Waals surface area contributed by atoms with Gasteiger partial charge < -0.3 is 4.74 Å². The van der Waals surface area contributed by atoms with Crippen LogP contribution in [0.3, 0.4) is 0 Å². The highest BCUT2D eigenvalue weighted by Crippen LogP contribution is 2.36. The van der Waals surface area contributed by atoms with E-state index in [0.717, 1.165) is 6.42 Å². The van der Waals surface area contributed by atoms with E-state index >= 15 is 0 Å². The first-order valence-corrected chi connectivity index (χ1v) is 8.54. The third kappa shape index (κ3) is 3.49. The van der Waals surface area contributed by atoms with Gasteiger partial charge in [0.15, 0.2) is 0 Å². The summed E-state index contributed by atoms with van der Waals surface area (Å²) < 4.78 is 6.24. The molecular formula is C14H20INO2S. The Morgan fingerprint density at radius 3 is 2.95 bits per heavy atom. The number of fused-ring (bicyclic) bond motifs is 1. The maximum atomic E-state index is 11.9. The number of carbonyl (C=O) groups excluding carboxylic acids is 1. The summed E-state index contributed by atoms with van der Waals surface area (Å²) >= 11 is 4.25. The molecule has 1 aromatic rings. The number of hydrogen-bond acceptors (Lipinski definition) is 4. The molecule has 0 aliphatic heterocycles. The molecule has 1 N–H and O–H groups in total. The Morgan fingerprint density at radius 2 is 2.32 bits per heavy atom. The average molecular weight is 393 g/mol. The summed E-state index contributed by atoms with van der Waals surface area (Å²) in [6, 6.07) is 2.32. The number of aryl methyl sites for hydroxylation is 1. The van der Waals surface area contributed by atoms with Gasteiger partial charge in [-0.2, -0.15) is 0 Å². The molecule has 0 bridgehead atoms. The summed E-state index contributed by atoms with van der Waals surface area (Å²) in [4.78, 5) is 13.3. The van der Waals surface area contributed by atoms with E-state index in [1.807, 2.05) is 11.3 Å². The molecule has 0 spiro atoms. The van der Waals surface area contributed by atoms with Gasteiger partial charge in [0.25, 0.3) is 0 Å². The molecule has 1 aliphatic rings. The van der Waals surface area contributed by atoms with Crippen LogP contribution in [-0.2, 0) is 16.0 Å². The van der Waals surface area contributed by atoms with E-state index in [0.29, 0.717) is 0 Å². The number of methoxy groups -OCH3 is 1. The van der Waals surface area contributed by atoms with E-state index in [1.165, 1.54) is 33.3 Å². The Labute approximate surface area is 132 Å². The van der Waals surface area contributed by atoms with Crippen LogP contribution in [0.25, 0.3) is 0 Å². The number of esters is 1. The number of carbonyl (C=O) groups is 1. The van der Waals surface area contributed by atoms with E-state index in [2.05, 4.69) is 47.8 Å². The molecule has 19 heavy (non-hydrogen) atoms. The lowest BCUT2D eigenvalue weighted by atomic mass is 9.92. The topological polar surface area (TPSA) is 38.3 Å². The van der Waals surface area contributed by atoms with Crippen molar-refractivity contribution in [2.45, 2.75) is 45.2 Å². The molecular weight excluding hydrogens is 373 g/mol. The molecule has 106 valence electrons. The smallest absolute Gasteiger partial charge is 0.323 e. The molecule has 3 nitrogen and oxygen atoms in total. The summed E-state index contributed by atoms with van der Waals surface area (Å²) in [5, 5.41) is 3.50. The lowest BCUT2D eigenvalue weighted by Crippen LogP contribution is -2.44. The van der Waals surface area contributed by atoms with Crippen molar-refractivity contribution in [1.29, 1.82) is 0 Å². The maximum absolute atomic E-state index is 11.9. The van der Waals surface area contributed by atoms with Gasteiger partial charge in [-0.1, -0.05) is 13.8 Å². The van der Waals surface area contributed by atoms with Crippen LogP contribution in [0.2, 0.25) is 0 Å². The Kier molecular flexibility index (Phi) is 5.25. The SMILES string of the molecule is COC(=O)C(NC1CCCc2sc(I)cc21)C(C)C. The Morgan fingerprint density at radius 1 is 1.58 bits per heavy atom. The Balaban J connectivity index is 2.16. The van der Waals surface area contributed by atoms with Crippen LogP contribution in [0.15, 0.2) is 6.07 Å². The third-order valence-electron chi connectivity index (χ3n) is 3.59. The van der Waals surface area contributed by atoms with Crippen molar-refractivity contribution in [3.8, 4) is 0 Å². The summed E-state index contributed by atoms with van der Waals surface area (Å²) in [6.45, 7) is 4.10. The van der Waals surface area contributed by atoms with Crippen LogP contribution in [0.1, 0.15) is 43.2 Å². The molecule has 0 saturated heterocycles. The first kappa shape index (κ1) is 15.3. The van der Waals surface area contributed by atoms with Gasteiger partial charge in [0.2, 0.25) is 0 Å². The molecule has 5 heteroatoms. The number of rotatable bonds is 4. The average Bonchev–Trinajstić information content (AvgIpc) is 2.75. The second-order valence-electron chi connectivity index (χ2n) is 5.29. The van der Waals surface area contributed by atoms with E-state index in [4.69, 9.17) is 4.74 Å². The van der Waals surface area contributed by atoms with Crippen LogP contribution in [0, 0.1) is 8.80 Å². The lowest BCUT2D eigenvalue weighted by molar-refractivity contribution is -0.144. The van der Waals surface area contributed by atoms with Crippen LogP contribution in [0.4, 0.5) is 0 Å². The van der Waals surface area contributed by atoms with Crippen molar-refractivity contribution in [3.63, 3.8) is 0 Å². The van der Waals surface area contributed by atoms with Gasteiger partial charge >= 0.3 is 5.97 Å². The first-order valence-electron chi connectivity index (χ1n) is 6.65. The van der Waals surface area contributed by atoms with Crippen molar-refractivity contribution < 1.29 is 9.53 Å². The highest BCUT2D eigenvalue weighted by Gasteiger charge is 2.29. The molecule has 1 aromatic heterocycles. The highest BCUT2D eigenvalue weighted by atomic mass is 127. The lowest BCUT2D eigenvalue weighted by Gasteiger charge is -2.29. The minimum Gasteiger partial charge on any atom is -0.468 e. The van der Waals surface area contributed by atoms with Gasteiger partial charge in [0.1, 0.15) is 6.04 Å². The zero-order valence-electron chi connectivity index (χ0n) is 11.5. The summed E-state index contributed by atoms with van der Waals surface area (Å²) in [5.41, 5.74) is 1.38. The first-order chi connectivity index (χ1) is 9.02. The summed E-state index contributed by atoms with van der Waals surface area (Å²) in [6.07, 6.45) is 3.46. The van der Waals surface area contributed by atoms with Gasteiger partial charge in [-0.15, -0.1) is 11.3 Å². The van der Waals surface area contributed by atoms with Gasteiger partial charge in [0.05, 0.1) is 9.99 Å². The Bertz CT molecular complexity index is 458. The monoisotopic (exact) mass is 393 g/mol. The fourth-order valence-electron chi connectivity index (χ4n) is 2.57. The fourth-order valence-corrected chi connectivity index (χ4v) is 4.69. The highest BCUT2D eigenvalue weighted by molar-refractivity contribution is 14.1. The number of ether oxygens (including phenoxy) is 1. The number of hydrogen-bond donors (Lipinski definition) is 1. The van der Waals surface area contributed by atoms with Crippen molar-refractivity contribution in [3.05, 3.63) is 19.4 Å². The Hall–Kier alpha value is -0.140. The molecule has 0 aromatic carbocycles. The van der Waals surface area contributed by atoms with Gasteiger partial charge in [-0.25, -0.2) is 0 Å². The number of nitrogens with one attached hydrogen (secondary N) is 1. The quantitative estimate of drug-likeness (QED) is 0.629. The van der Waals surface area contributed by atoms with Crippen LogP contribution in [-0.4, -0.2) is 19.1 Å². The van der Waals surface area contributed by atoms with Gasteiger partial charge in [-0.3, -0.25) is 10.1 Å². The third-order valence-corrected chi connectivity index (χ3v) is 5.56. The van der Waals surface area contributed by atoms with E-state index < -0.39 is 0 Å². The molecule has 0 amide bonds. The molecule has 2 rings (SSSR count). The zero-order chi connectivity index (χ0) is 14.0. The van der Waals surface area contributed by atoms with Crippen molar-refractivity contribution >= 4 is 39.9 Å². The van der Waals surface area contributed by atoms with Crippen LogP contribution in [0.5, 0.6) is 0 Å². The summed E-state index contributed by atoms with van der Waals surface area (Å²) in [7, 11) is 1.46. The van der Waals surface area contributed by atoms with Crippen LogP contribution < -0.4 is 5.32 Å². The largest absolute Gasteiger partial charge is 0.468 e. The maximum Gasteiger partial charge on any atom is 0.323 e. The molecule has 1 heterocycles. The minimum atomic E-state index is -0.224. The van der Waals surface area contributed by atoms with Gasteiger partial charge in [-0.05, 0) is 59.4 Å². The van der Waals surface area contributed by atoms with Crippen molar-refractivity contribution in [1.82, 2.24) is 5.32 Å². The van der Waals surface area contributed by atoms with E-state index in [9.17, 15) is 4.79 Å². The second-order valence-corrected chi connectivity index (χ2v) is 8.32. The molecule has 0 saturated carbocycles. The predicted molar refractivity (Wildman–Crippen MR) is 86.5 cm³/mol. The van der Waals surface area contributed by atoms with E-state index in [1.54, 1.807) is 0 Å². The molecule has 1 aliphatic carbocycles. The predicted octanol–water partition coefficient (Wildman–Crippen LogP) is 3.52. The van der Waals surface area contributed by atoms with Crippen LogP contribution >= 0.6 is 33.9 Å². The molecule has 2 atom stereocenters. The second kappa shape index (κ2) is 6.54. The normalized spacial score (nSPS) is 20.2. The fraction of sp³-hybridized carbons (Fsp3) is 0.643. The van der Waals surface area contributed by atoms with E-state index in [-0.39, 0.29) is 24.0 Å². The standard InChI is InChI=1S/C14H20INO2S/c1-8(2)13(14(17)18-3)16-10-5-4-6-11-9(10)7-12(15)19-11/h7-8,10,13,16H,4-6H2,1-3H3. The molecule has 0 fully saturated rings. The van der Waals surface area contributed by atoms with Crippen molar-refractivity contribution in [2.75, 3.05) is 7.11 Å². The number of thiophene rings is 1. The van der Waals surface area contributed by atoms with Gasteiger partial charge in [0, 0.05) is 10.9 Å².